The Hall–Kier alpha value is -0.903. The molecular formula is C20H27BrOSi. The normalized spacial score (nSPS) is 13.0. The van der Waals surface area contributed by atoms with Crippen molar-refractivity contribution in [1.29, 1.82) is 0 Å². The molecule has 0 fully saturated rings. The van der Waals surface area contributed by atoms with Crippen LogP contribution in [0.2, 0.25) is 5.04 Å². The molecule has 0 aliphatic rings. The van der Waals surface area contributed by atoms with E-state index in [2.05, 4.69) is 91.3 Å². The Morgan fingerprint density at radius 3 is 2.09 bits per heavy atom. The summed E-state index contributed by atoms with van der Waals surface area (Å²) < 4.78 is 6.39. The molecule has 0 saturated carbocycles. The highest BCUT2D eigenvalue weighted by atomic mass is 79.9. The average Bonchev–Trinajstić information content (AvgIpc) is 2.55. The van der Waals surface area contributed by atoms with Gasteiger partial charge in [-0.1, -0.05) is 91.3 Å². The number of alkyl halides is 1. The van der Waals surface area contributed by atoms with Crippen LogP contribution >= 0.6 is 15.9 Å². The van der Waals surface area contributed by atoms with Crippen LogP contribution in [-0.4, -0.2) is 15.6 Å². The first-order valence-corrected chi connectivity index (χ1v) is 11.1. The third-order valence-corrected chi connectivity index (χ3v) is 7.74. The lowest BCUT2D eigenvalue weighted by atomic mass is 10.1. The molecule has 1 nitrogen and oxygen atoms in total. The summed E-state index contributed by atoms with van der Waals surface area (Å²) in [6.07, 6.45) is 2.17. The monoisotopic (exact) mass is 390 g/mol. The Kier molecular flexibility index (Phi) is 7.06. The minimum absolute atomic E-state index is 0.235. The molecular weight excluding hydrogens is 364 g/mol. The van der Waals surface area contributed by atoms with E-state index in [1.54, 1.807) is 0 Å². The summed E-state index contributed by atoms with van der Waals surface area (Å²) in [7, 11) is -1.43. The first-order valence-electron chi connectivity index (χ1n) is 8.31. The minimum Gasteiger partial charge on any atom is -0.415 e. The van der Waals surface area contributed by atoms with Gasteiger partial charge in [-0.3, -0.25) is 0 Å². The summed E-state index contributed by atoms with van der Waals surface area (Å²) in [6, 6.07) is 19.6. The van der Waals surface area contributed by atoms with E-state index in [4.69, 9.17) is 4.43 Å². The summed E-state index contributed by atoms with van der Waals surface area (Å²) in [4.78, 5) is 0. The van der Waals surface area contributed by atoms with E-state index < -0.39 is 9.04 Å². The topological polar surface area (TPSA) is 9.23 Å². The number of hydrogen-bond acceptors (Lipinski definition) is 1. The SMILES string of the molecule is CC(C)(C)[SiH](OCCCc1ccc(CBr)cc1)c1ccccc1. The molecule has 124 valence electrons. The first-order chi connectivity index (χ1) is 11.0. The van der Waals surface area contributed by atoms with Crippen LogP contribution in [0.3, 0.4) is 0 Å². The van der Waals surface area contributed by atoms with E-state index >= 15 is 0 Å². The van der Waals surface area contributed by atoms with E-state index in [1.165, 1.54) is 16.3 Å². The maximum atomic E-state index is 6.39. The second kappa shape index (κ2) is 8.81. The van der Waals surface area contributed by atoms with Gasteiger partial charge in [0.2, 0.25) is 9.04 Å². The number of hydrogen-bond donors (Lipinski definition) is 0. The van der Waals surface area contributed by atoms with Crippen molar-refractivity contribution in [3.05, 3.63) is 65.7 Å². The fourth-order valence-electron chi connectivity index (χ4n) is 2.75. The lowest BCUT2D eigenvalue weighted by molar-refractivity contribution is 0.303. The second-order valence-electron chi connectivity index (χ2n) is 7.08. The Labute approximate surface area is 150 Å². The Morgan fingerprint density at radius 1 is 0.913 bits per heavy atom. The fourth-order valence-corrected chi connectivity index (χ4v) is 5.79. The molecule has 0 N–H and O–H groups in total. The molecule has 1 atom stereocenters. The van der Waals surface area contributed by atoms with Gasteiger partial charge in [-0.25, -0.2) is 0 Å². The van der Waals surface area contributed by atoms with Gasteiger partial charge in [0.05, 0.1) is 0 Å². The molecule has 0 heterocycles. The number of benzene rings is 2. The highest BCUT2D eigenvalue weighted by Crippen LogP contribution is 2.27. The first kappa shape index (κ1) is 18.4. The zero-order chi connectivity index (χ0) is 16.7. The Bertz CT molecular complexity index is 575. The minimum atomic E-state index is -1.43. The van der Waals surface area contributed by atoms with Gasteiger partial charge in [0.1, 0.15) is 0 Å². The Morgan fingerprint density at radius 2 is 1.52 bits per heavy atom. The molecule has 3 heteroatoms. The van der Waals surface area contributed by atoms with Crippen LogP contribution in [0.25, 0.3) is 0 Å². The van der Waals surface area contributed by atoms with E-state index in [1.807, 2.05) is 0 Å². The van der Waals surface area contributed by atoms with E-state index in [0.717, 1.165) is 24.8 Å². The van der Waals surface area contributed by atoms with Crippen molar-refractivity contribution >= 4 is 30.2 Å². The molecule has 2 rings (SSSR count). The maximum absolute atomic E-state index is 6.39. The largest absolute Gasteiger partial charge is 0.415 e. The van der Waals surface area contributed by atoms with Gasteiger partial charge in [0, 0.05) is 11.9 Å². The van der Waals surface area contributed by atoms with Gasteiger partial charge in [-0.05, 0) is 34.2 Å². The van der Waals surface area contributed by atoms with Crippen LogP contribution in [0.4, 0.5) is 0 Å². The van der Waals surface area contributed by atoms with Crippen molar-refractivity contribution in [3.8, 4) is 0 Å². The van der Waals surface area contributed by atoms with Crippen LogP contribution in [0.5, 0.6) is 0 Å². The van der Waals surface area contributed by atoms with Crippen molar-refractivity contribution in [3.63, 3.8) is 0 Å². The number of rotatable bonds is 7. The molecule has 0 saturated heterocycles. The lowest BCUT2D eigenvalue weighted by Gasteiger charge is -2.29. The van der Waals surface area contributed by atoms with E-state index in [9.17, 15) is 0 Å². The quantitative estimate of drug-likeness (QED) is 0.368. The van der Waals surface area contributed by atoms with Gasteiger partial charge in [-0.2, -0.15) is 0 Å². The zero-order valence-electron chi connectivity index (χ0n) is 14.4. The van der Waals surface area contributed by atoms with Gasteiger partial charge in [-0.15, -0.1) is 0 Å². The summed E-state index contributed by atoms with van der Waals surface area (Å²) >= 11 is 3.49. The molecule has 0 aliphatic carbocycles. The fraction of sp³-hybridized carbons (Fsp3) is 0.400. The zero-order valence-corrected chi connectivity index (χ0v) is 17.1. The van der Waals surface area contributed by atoms with Crippen LogP contribution in [0, 0.1) is 0 Å². The van der Waals surface area contributed by atoms with Gasteiger partial charge >= 0.3 is 0 Å². The molecule has 2 aromatic rings. The molecule has 0 aromatic heterocycles. The van der Waals surface area contributed by atoms with Crippen LogP contribution < -0.4 is 5.19 Å². The summed E-state index contributed by atoms with van der Waals surface area (Å²) in [5.74, 6) is 0. The van der Waals surface area contributed by atoms with Crippen molar-refractivity contribution in [1.82, 2.24) is 0 Å². The van der Waals surface area contributed by atoms with E-state index in [0.29, 0.717) is 0 Å². The average molecular weight is 391 g/mol. The van der Waals surface area contributed by atoms with Crippen LogP contribution in [0.1, 0.15) is 38.3 Å². The number of aryl methyl sites for hydroxylation is 1. The second-order valence-corrected chi connectivity index (χ2v) is 11.1. The van der Waals surface area contributed by atoms with Crippen molar-refractivity contribution in [2.24, 2.45) is 0 Å². The van der Waals surface area contributed by atoms with Gasteiger partial charge in [0.25, 0.3) is 0 Å². The molecule has 0 spiro atoms. The van der Waals surface area contributed by atoms with Gasteiger partial charge in [0.15, 0.2) is 0 Å². The summed E-state index contributed by atoms with van der Waals surface area (Å²) in [5, 5.41) is 2.56. The number of halogens is 1. The summed E-state index contributed by atoms with van der Waals surface area (Å²) in [5.41, 5.74) is 2.72. The predicted octanol–water partition coefficient (Wildman–Crippen LogP) is 4.96. The summed E-state index contributed by atoms with van der Waals surface area (Å²) in [6.45, 7) is 7.75. The highest BCUT2D eigenvalue weighted by Gasteiger charge is 2.29. The van der Waals surface area contributed by atoms with Crippen LogP contribution in [0.15, 0.2) is 54.6 Å². The standard InChI is InChI=1S/C20H27BrOSi/c1-20(2,3)23(19-9-5-4-6-10-19)22-15-7-8-17-11-13-18(16-21)14-12-17/h4-6,9-14,23H,7-8,15-16H2,1-3H3. The maximum Gasteiger partial charge on any atom is 0.213 e. The third-order valence-electron chi connectivity index (χ3n) is 3.96. The molecule has 23 heavy (non-hydrogen) atoms. The Balaban J connectivity index is 1.87. The van der Waals surface area contributed by atoms with Crippen molar-refractivity contribution in [2.75, 3.05) is 6.61 Å². The van der Waals surface area contributed by atoms with Crippen LogP contribution in [-0.2, 0) is 16.2 Å². The molecule has 0 radical (unpaired) electrons. The lowest BCUT2D eigenvalue weighted by Crippen LogP contribution is -2.41. The molecule has 0 amide bonds. The third kappa shape index (κ3) is 5.90. The van der Waals surface area contributed by atoms with Crippen molar-refractivity contribution < 1.29 is 4.43 Å². The van der Waals surface area contributed by atoms with E-state index in [-0.39, 0.29) is 5.04 Å². The smallest absolute Gasteiger partial charge is 0.213 e. The molecule has 0 bridgehead atoms. The molecule has 1 unspecified atom stereocenters. The van der Waals surface area contributed by atoms with Gasteiger partial charge < -0.3 is 4.43 Å². The van der Waals surface area contributed by atoms with Crippen molar-refractivity contribution in [2.45, 2.75) is 44.0 Å². The molecule has 0 aliphatic heterocycles. The predicted molar refractivity (Wildman–Crippen MR) is 106 cm³/mol. The highest BCUT2D eigenvalue weighted by molar-refractivity contribution is 9.08. The molecule has 2 aromatic carbocycles.